The van der Waals surface area contributed by atoms with Gasteiger partial charge in [-0.25, -0.2) is 4.79 Å². The first-order valence-corrected chi connectivity index (χ1v) is 10.8. The average Bonchev–Trinajstić information content (AvgIpc) is 3.33. The molecule has 2 aromatic rings. The van der Waals surface area contributed by atoms with Crippen LogP contribution in [0.4, 0.5) is 0 Å². The molecule has 1 saturated carbocycles. The molecule has 1 aliphatic rings. The largest absolute Gasteiger partial charge is 0.837 e. The van der Waals surface area contributed by atoms with E-state index >= 15 is 0 Å². The lowest BCUT2D eigenvalue weighted by molar-refractivity contribution is -0.907. The molecule has 3 rings (SSSR count). The molecule has 0 spiro atoms. The van der Waals surface area contributed by atoms with Crippen molar-refractivity contribution in [3.8, 4) is 0 Å². The lowest BCUT2D eigenvalue weighted by Gasteiger charge is -2.43. The fourth-order valence-electron chi connectivity index (χ4n) is 3.99. The summed E-state index contributed by atoms with van der Waals surface area (Å²) in [6.07, 6.45) is 3.41. The minimum atomic E-state index is -1.88. The van der Waals surface area contributed by atoms with E-state index in [9.17, 15) is 14.7 Å². The molecule has 6 heteroatoms. The molecule has 1 fully saturated rings. The van der Waals surface area contributed by atoms with Gasteiger partial charge >= 0.3 is 5.97 Å². The van der Waals surface area contributed by atoms with Gasteiger partial charge < -0.3 is 14.6 Å². The monoisotopic (exact) mass is 425 g/mol. The summed E-state index contributed by atoms with van der Waals surface area (Å²) in [7, 11) is 3.76. The Morgan fingerprint density at radius 1 is 0.968 bits per heavy atom. The standard InChI is InChI=1S/C25H31NO5/c1-26(2,19-31-23(27)20-11-5-3-6-12-20)17-18-30-24(28)25(29,22-15-9-10-16-22)21-13-7-4-8-14-21/h3-8,11-14,22H,9-10,15-19H2,1-2H3. The Morgan fingerprint density at radius 3 is 2.16 bits per heavy atom. The predicted molar refractivity (Wildman–Crippen MR) is 115 cm³/mol. The lowest BCUT2D eigenvalue weighted by atomic mass is 9.80. The van der Waals surface area contributed by atoms with Crippen LogP contribution in [0.3, 0.4) is 0 Å². The summed E-state index contributed by atoms with van der Waals surface area (Å²) >= 11 is 0. The predicted octanol–water partition coefficient (Wildman–Crippen LogP) is 2.87. The van der Waals surface area contributed by atoms with E-state index in [1.165, 1.54) is 0 Å². The van der Waals surface area contributed by atoms with Crippen LogP contribution in [0, 0.1) is 5.92 Å². The third-order valence-corrected chi connectivity index (χ3v) is 5.92. The number of ether oxygens (including phenoxy) is 2. The van der Waals surface area contributed by atoms with Crippen LogP contribution in [-0.4, -0.2) is 50.4 Å². The summed E-state index contributed by atoms with van der Waals surface area (Å²) in [5.41, 5.74) is -0.920. The molecule has 1 unspecified atom stereocenters. The number of nitrogens with zero attached hydrogens (tertiary/aromatic N) is 1. The number of rotatable bonds is 9. The third-order valence-electron chi connectivity index (χ3n) is 5.92. The molecule has 0 aliphatic heterocycles. The number of hydrogen-bond donors (Lipinski definition) is 0. The highest BCUT2D eigenvalue weighted by Gasteiger charge is 2.39. The van der Waals surface area contributed by atoms with E-state index in [-0.39, 0.29) is 19.3 Å². The van der Waals surface area contributed by atoms with Gasteiger partial charge in [0.2, 0.25) is 6.73 Å². The zero-order valence-electron chi connectivity index (χ0n) is 18.3. The molecule has 0 heterocycles. The van der Waals surface area contributed by atoms with Gasteiger partial charge in [-0.3, -0.25) is 9.28 Å². The van der Waals surface area contributed by atoms with E-state index in [1.54, 1.807) is 48.5 Å². The molecule has 0 saturated heterocycles. The van der Waals surface area contributed by atoms with Crippen LogP contribution in [0.25, 0.3) is 0 Å². The first-order chi connectivity index (χ1) is 14.8. The topological polar surface area (TPSA) is 75.7 Å². The average molecular weight is 426 g/mol. The SMILES string of the molecule is C[N+](C)(CCOC(=O)C([O-])(c1ccccc1)C1CCCC1)COC(=O)c1ccccc1. The molecule has 166 valence electrons. The molecule has 1 aliphatic carbocycles. The molecule has 2 aromatic carbocycles. The summed E-state index contributed by atoms with van der Waals surface area (Å²) in [5, 5.41) is 13.8. The second-order valence-electron chi connectivity index (χ2n) is 8.81. The maximum absolute atomic E-state index is 13.8. The van der Waals surface area contributed by atoms with E-state index < -0.39 is 17.5 Å². The zero-order chi connectivity index (χ0) is 22.3. The minimum absolute atomic E-state index is 0.0816. The highest BCUT2D eigenvalue weighted by atomic mass is 16.6. The fraction of sp³-hybridized carbons (Fsp3) is 0.440. The van der Waals surface area contributed by atoms with Crippen molar-refractivity contribution in [1.82, 2.24) is 0 Å². The van der Waals surface area contributed by atoms with Gasteiger partial charge in [0, 0.05) is 5.60 Å². The fourth-order valence-corrected chi connectivity index (χ4v) is 3.99. The van der Waals surface area contributed by atoms with E-state index in [1.807, 2.05) is 26.2 Å². The van der Waals surface area contributed by atoms with Gasteiger partial charge in [-0.2, -0.15) is 0 Å². The number of quaternary nitrogens is 1. The number of likely N-dealkylation sites (N-methyl/N-ethyl adjacent to an activating group) is 1. The summed E-state index contributed by atoms with van der Waals surface area (Å²) in [4.78, 5) is 25.1. The molecular weight excluding hydrogens is 394 g/mol. The summed E-state index contributed by atoms with van der Waals surface area (Å²) < 4.78 is 11.2. The summed E-state index contributed by atoms with van der Waals surface area (Å²) in [6.45, 7) is 0.636. The second kappa shape index (κ2) is 10.1. The number of benzene rings is 2. The molecule has 6 nitrogen and oxygen atoms in total. The summed E-state index contributed by atoms with van der Waals surface area (Å²) in [6, 6.07) is 17.6. The van der Waals surface area contributed by atoms with Crippen molar-refractivity contribution in [1.29, 1.82) is 0 Å². The van der Waals surface area contributed by atoms with Gasteiger partial charge in [0.05, 0.1) is 19.7 Å². The Kier molecular flexibility index (Phi) is 7.46. The van der Waals surface area contributed by atoms with Crippen LogP contribution < -0.4 is 5.11 Å². The van der Waals surface area contributed by atoms with Crippen molar-refractivity contribution in [3.63, 3.8) is 0 Å². The van der Waals surface area contributed by atoms with Crippen molar-refractivity contribution in [2.75, 3.05) is 34.0 Å². The molecule has 0 bridgehead atoms. The van der Waals surface area contributed by atoms with Crippen molar-refractivity contribution in [2.45, 2.75) is 31.3 Å². The number of esters is 2. The van der Waals surface area contributed by atoms with Crippen LogP contribution in [0.1, 0.15) is 41.6 Å². The second-order valence-corrected chi connectivity index (χ2v) is 8.81. The van der Waals surface area contributed by atoms with E-state index in [0.29, 0.717) is 22.2 Å². The van der Waals surface area contributed by atoms with Crippen molar-refractivity contribution >= 4 is 11.9 Å². The van der Waals surface area contributed by atoms with Crippen molar-refractivity contribution in [2.24, 2.45) is 5.92 Å². The normalized spacial score (nSPS) is 16.5. The first kappa shape index (κ1) is 23.0. The highest BCUT2D eigenvalue weighted by Crippen LogP contribution is 2.39. The van der Waals surface area contributed by atoms with E-state index in [0.717, 1.165) is 25.7 Å². The van der Waals surface area contributed by atoms with Crippen LogP contribution in [-0.2, 0) is 19.9 Å². The van der Waals surface area contributed by atoms with Gasteiger partial charge in [-0.05, 0) is 23.6 Å². The molecule has 1 atom stereocenters. The maximum Gasteiger partial charge on any atom is 0.342 e. The van der Waals surface area contributed by atoms with Gasteiger partial charge in [-0.15, -0.1) is 0 Å². The Morgan fingerprint density at radius 2 is 1.55 bits per heavy atom. The number of hydrogen-bond acceptors (Lipinski definition) is 5. The van der Waals surface area contributed by atoms with Gasteiger partial charge in [0.25, 0.3) is 5.97 Å². The van der Waals surface area contributed by atoms with Gasteiger partial charge in [0.1, 0.15) is 13.2 Å². The zero-order valence-corrected chi connectivity index (χ0v) is 18.3. The number of carbonyl (C=O) groups excluding carboxylic acids is 2. The van der Waals surface area contributed by atoms with E-state index in [4.69, 9.17) is 9.47 Å². The minimum Gasteiger partial charge on any atom is -0.837 e. The van der Waals surface area contributed by atoms with Crippen molar-refractivity contribution in [3.05, 3.63) is 71.8 Å². The van der Waals surface area contributed by atoms with Crippen LogP contribution in [0.5, 0.6) is 0 Å². The Balaban J connectivity index is 1.56. The quantitative estimate of drug-likeness (QED) is 0.351. The molecule has 0 N–H and O–H groups in total. The summed E-state index contributed by atoms with van der Waals surface area (Å²) in [5.74, 6) is -1.36. The van der Waals surface area contributed by atoms with Crippen LogP contribution in [0.15, 0.2) is 60.7 Å². The van der Waals surface area contributed by atoms with Gasteiger partial charge in [0.15, 0.2) is 0 Å². The Labute approximate surface area is 184 Å². The smallest absolute Gasteiger partial charge is 0.342 e. The molecule has 0 radical (unpaired) electrons. The van der Waals surface area contributed by atoms with E-state index in [2.05, 4.69) is 0 Å². The number of carbonyl (C=O) groups is 2. The first-order valence-electron chi connectivity index (χ1n) is 10.8. The Hall–Kier alpha value is -2.70. The Bertz CT molecular complexity index is 862. The molecule has 0 aromatic heterocycles. The third kappa shape index (κ3) is 5.71. The van der Waals surface area contributed by atoms with Crippen LogP contribution in [0.2, 0.25) is 0 Å². The maximum atomic E-state index is 13.8. The molecule has 0 amide bonds. The molecular formula is C25H31NO5. The molecule has 31 heavy (non-hydrogen) atoms. The highest BCUT2D eigenvalue weighted by molar-refractivity contribution is 5.89. The van der Waals surface area contributed by atoms with Crippen LogP contribution >= 0.6 is 0 Å². The van der Waals surface area contributed by atoms with Gasteiger partial charge in [-0.1, -0.05) is 74.2 Å². The lowest BCUT2D eigenvalue weighted by Crippen LogP contribution is -2.55. The van der Waals surface area contributed by atoms with Crippen molar-refractivity contribution < 1.29 is 28.7 Å².